The summed E-state index contributed by atoms with van der Waals surface area (Å²) in [5, 5.41) is 7.63. The molecular weight excluding hydrogens is 450 g/mol. The number of carbonyl (C=O) groups excluding carboxylic acids is 2. The number of rotatable bonds is 12. The Morgan fingerprint density at radius 1 is 0.917 bits per heavy atom. The number of nitrogens with zero attached hydrogens (tertiary/aromatic N) is 3. The molecule has 0 radical (unpaired) electrons. The largest absolute Gasteiger partial charge is 0.368 e. The van der Waals surface area contributed by atoms with E-state index in [2.05, 4.69) is 28.5 Å². The Labute approximate surface area is 211 Å². The van der Waals surface area contributed by atoms with E-state index in [0.29, 0.717) is 25.8 Å². The van der Waals surface area contributed by atoms with Gasteiger partial charge in [0.25, 0.3) is 0 Å². The monoisotopic (exact) mass is 481 g/mol. The number of nitrogens with two attached hydrogens (primary N) is 1. The molecule has 0 fully saturated rings. The number of aromatic nitrogens is 3. The molecule has 2 aromatic carbocycles. The van der Waals surface area contributed by atoms with E-state index in [1.807, 2.05) is 71.5 Å². The molecule has 0 aliphatic rings. The summed E-state index contributed by atoms with van der Waals surface area (Å²) in [5.74, 6) is -0.691. The SMILES string of the molecule is NC(=O)C(Cc1ccccc1)NC(=O)CCCCc1cc(-c2cccnc2)nn1Cc1ccccc1. The van der Waals surface area contributed by atoms with Crippen molar-refractivity contribution in [2.75, 3.05) is 0 Å². The minimum Gasteiger partial charge on any atom is -0.368 e. The average Bonchev–Trinajstić information content (AvgIpc) is 3.30. The van der Waals surface area contributed by atoms with Crippen molar-refractivity contribution in [3.8, 4) is 11.3 Å². The van der Waals surface area contributed by atoms with E-state index in [1.165, 1.54) is 5.56 Å². The second-order valence-corrected chi connectivity index (χ2v) is 8.83. The number of pyridine rings is 1. The van der Waals surface area contributed by atoms with Gasteiger partial charge >= 0.3 is 0 Å². The fourth-order valence-corrected chi connectivity index (χ4v) is 4.14. The van der Waals surface area contributed by atoms with Gasteiger partial charge in [-0.15, -0.1) is 0 Å². The maximum absolute atomic E-state index is 12.5. The van der Waals surface area contributed by atoms with Crippen LogP contribution in [-0.4, -0.2) is 32.6 Å². The van der Waals surface area contributed by atoms with Gasteiger partial charge in [0.15, 0.2) is 0 Å². The number of hydrogen-bond donors (Lipinski definition) is 2. The predicted octanol–water partition coefficient (Wildman–Crippen LogP) is 3.92. The second kappa shape index (κ2) is 12.4. The lowest BCUT2D eigenvalue weighted by atomic mass is 10.0. The Hall–Kier alpha value is -4.26. The van der Waals surface area contributed by atoms with E-state index in [1.54, 1.807) is 6.20 Å². The molecule has 7 nitrogen and oxygen atoms in total. The summed E-state index contributed by atoms with van der Waals surface area (Å²) >= 11 is 0. The van der Waals surface area contributed by atoms with Gasteiger partial charge in [0.2, 0.25) is 11.8 Å². The first-order chi connectivity index (χ1) is 17.6. The maximum Gasteiger partial charge on any atom is 0.240 e. The zero-order valence-electron chi connectivity index (χ0n) is 20.2. The molecule has 184 valence electrons. The number of benzene rings is 2. The van der Waals surface area contributed by atoms with Crippen LogP contribution >= 0.6 is 0 Å². The molecule has 2 aromatic heterocycles. The summed E-state index contributed by atoms with van der Waals surface area (Å²) in [4.78, 5) is 28.6. The van der Waals surface area contributed by atoms with E-state index >= 15 is 0 Å². The molecule has 4 rings (SSSR count). The Bertz CT molecular complexity index is 1260. The van der Waals surface area contributed by atoms with Crippen molar-refractivity contribution >= 4 is 11.8 Å². The van der Waals surface area contributed by atoms with Gasteiger partial charge in [-0.25, -0.2) is 0 Å². The summed E-state index contributed by atoms with van der Waals surface area (Å²) < 4.78 is 2.03. The van der Waals surface area contributed by atoms with Gasteiger partial charge in [0, 0.05) is 36.5 Å². The van der Waals surface area contributed by atoms with E-state index in [4.69, 9.17) is 10.8 Å². The van der Waals surface area contributed by atoms with E-state index in [-0.39, 0.29) is 5.91 Å². The minimum atomic E-state index is -0.714. The fraction of sp³-hybridized carbons (Fsp3) is 0.241. The third-order valence-electron chi connectivity index (χ3n) is 6.04. The number of hydrogen-bond acceptors (Lipinski definition) is 4. The molecule has 0 saturated heterocycles. The van der Waals surface area contributed by atoms with Gasteiger partial charge in [0.1, 0.15) is 6.04 Å². The molecule has 2 amide bonds. The molecule has 1 atom stereocenters. The molecule has 0 saturated carbocycles. The van der Waals surface area contributed by atoms with Crippen molar-refractivity contribution in [2.45, 2.75) is 44.7 Å². The molecule has 2 heterocycles. The molecule has 0 bridgehead atoms. The molecule has 0 aliphatic carbocycles. The highest BCUT2D eigenvalue weighted by molar-refractivity contribution is 5.86. The zero-order valence-corrected chi connectivity index (χ0v) is 20.2. The lowest BCUT2D eigenvalue weighted by molar-refractivity contribution is -0.127. The van der Waals surface area contributed by atoms with Crippen molar-refractivity contribution < 1.29 is 9.59 Å². The Morgan fingerprint density at radius 3 is 2.31 bits per heavy atom. The molecule has 1 unspecified atom stereocenters. The normalized spacial score (nSPS) is 11.7. The number of nitrogens with one attached hydrogen (secondary N) is 1. The number of amides is 2. The summed E-state index contributed by atoms with van der Waals surface area (Å²) in [6, 6.07) is 25.1. The van der Waals surface area contributed by atoms with Crippen molar-refractivity contribution in [3.63, 3.8) is 0 Å². The average molecular weight is 482 g/mol. The van der Waals surface area contributed by atoms with Crippen LogP contribution < -0.4 is 11.1 Å². The van der Waals surface area contributed by atoms with E-state index < -0.39 is 11.9 Å². The molecule has 0 aliphatic heterocycles. The lowest BCUT2D eigenvalue weighted by Gasteiger charge is -2.15. The van der Waals surface area contributed by atoms with Crippen molar-refractivity contribution in [3.05, 3.63) is 108 Å². The van der Waals surface area contributed by atoms with Crippen LogP contribution in [-0.2, 0) is 29.0 Å². The van der Waals surface area contributed by atoms with E-state index in [9.17, 15) is 9.59 Å². The van der Waals surface area contributed by atoms with Gasteiger partial charge in [0.05, 0.1) is 12.2 Å². The van der Waals surface area contributed by atoms with Crippen LogP contribution in [0, 0.1) is 0 Å². The molecular formula is C29H31N5O2. The summed E-state index contributed by atoms with van der Waals surface area (Å²) in [7, 11) is 0. The van der Waals surface area contributed by atoms with Gasteiger partial charge in [-0.3, -0.25) is 19.3 Å². The van der Waals surface area contributed by atoms with E-state index in [0.717, 1.165) is 35.4 Å². The van der Waals surface area contributed by atoms with Crippen LogP contribution in [0.5, 0.6) is 0 Å². The topological polar surface area (TPSA) is 103 Å². The number of aryl methyl sites for hydroxylation is 1. The molecule has 7 heteroatoms. The molecule has 0 spiro atoms. The highest BCUT2D eigenvalue weighted by Gasteiger charge is 2.18. The maximum atomic E-state index is 12.5. The summed E-state index contributed by atoms with van der Waals surface area (Å²) in [6.45, 7) is 0.677. The van der Waals surface area contributed by atoms with Gasteiger partial charge in [-0.1, -0.05) is 60.7 Å². The number of carbonyl (C=O) groups is 2. The van der Waals surface area contributed by atoms with Crippen LogP contribution in [0.15, 0.2) is 91.3 Å². The van der Waals surface area contributed by atoms with Crippen molar-refractivity contribution in [1.82, 2.24) is 20.1 Å². The zero-order chi connectivity index (χ0) is 25.2. The van der Waals surface area contributed by atoms with Crippen LogP contribution in [0.1, 0.15) is 36.1 Å². The van der Waals surface area contributed by atoms with Crippen LogP contribution in [0.2, 0.25) is 0 Å². The molecule has 3 N–H and O–H groups in total. The van der Waals surface area contributed by atoms with Crippen LogP contribution in [0.4, 0.5) is 0 Å². The fourth-order valence-electron chi connectivity index (χ4n) is 4.14. The first-order valence-corrected chi connectivity index (χ1v) is 12.2. The standard InChI is InChI=1S/C29H31N5O2/c30-29(36)27(18-22-10-3-1-4-11-22)32-28(35)16-8-7-15-25-19-26(24-14-9-17-31-20-24)33-34(25)21-23-12-5-2-6-13-23/h1-6,9-14,17,19-20,27H,7-8,15-16,18,21H2,(H2,30,36)(H,32,35). The van der Waals surface area contributed by atoms with Crippen LogP contribution in [0.3, 0.4) is 0 Å². The first kappa shape index (κ1) is 24.9. The quantitative estimate of drug-likeness (QED) is 0.299. The smallest absolute Gasteiger partial charge is 0.240 e. The first-order valence-electron chi connectivity index (χ1n) is 12.2. The van der Waals surface area contributed by atoms with Crippen molar-refractivity contribution in [2.24, 2.45) is 5.73 Å². The minimum absolute atomic E-state index is 0.163. The third kappa shape index (κ3) is 7.12. The van der Waals surface area contributed by atoms with Gasteiger partial charge < -0.3 is 11.1 Å². The highest BCUT2D eigenvalue weighted by atomic mass is 16.2. The summed E-state index contributed by atoms with van der Waals surface area (Å²) in [5.41, 5.74) is 10.6. The Kier molecular flexibility index (Phi) is 8.59. The number of primary amides is 1. The van der Waals surface area contributed by atoms with Gasteiger partial charge in [-0.05, 0) is 48.6 Å². The Morgan fingerprint density at radius 2 is 1.64 bits per heavy atom. The van der Waals surface area contributed by atoms with Crippen LogP contribution in [0.25, 0.3) is 11.3 Å². The summed E-state index contributed by atoms with van der Waals surface area (Å²) in [6.07, 6.45) is 6.59. The second-order valence-electron chi connectivity index (χ2n) is 8.83. The van der Waals surface area contributed by atoms with Gasteiger partial charge in [-0.2, -0.15) is 5.10 Å². The predicted molar refractivity (Wildman–Crippen MR) is 140 cm³/mol. The number of unbranched alkanes of at least 4 members (excludes halogenated alkanes) is 1. The molecule has 4 aromatic rings. The third-order valence-corrected chi connectivity index (χ3v) is 6.04. The molecule has 36 heavy (non-hydrogen) atoms. The highest BCUT2D eigenvalue weighted by Crippen LogP contribution is 2.20. The lowest BCUT2D eigenvalue weighted by Crippen LogP contribution is -2.45. The Balaban J connectivity index is 1.34. The van der Waals surface area contributed by atoms with Crippen molar-refractivity contribution in [1.29, 1.82) is 0 Å².